The van der Waals surface area contributed by atoms with E-state index in [1.54, 1.807) is 7.11 Å². The minimum Gasteiger partial charge on any atom is -0.487 e. The highest BCUT2D eigenvalue weighted by Gasteiger charge is 2.36. The summed E-state index contributed by atoms with van der Waals surface area (Å²) in [6.07, 6.45) is 10.2. The number of carbonyl (C=O) groups excluding carboxylic acids is 1. The van der Waals surface area contributed by atoms with Gasteiger partial charge in [-0.05, 0) is 96.2 Å². The molecule has 2 saturated heterocycles. The molecule has 8 nitrogen and oxygen atoms in total. The van der Waals surface area contributed by atoms with Crippen molar-refractivity contribution < 1.29 is 23.4 Å². The van der Waals surface area contributed by atoms with Gasteiger partial charge in [0.05, 0.1) is 12.0 Å². The van der Waals surface area contributed by atoms with Crippen molar-refractivity contribution in [2.75, 3.05) is 46.5 Å². The molecule has 0 N–H and O–H groups in total. The van der Waals surface area contributed by atoms with Crippen molar-refractivity contribution in [3.63, 3.8) is 0 Å². The Hall–Kier alpha value is -2.58. The number of ether oxygens (including phenoxy) is 3. The first kappa shape index (κ1) is 27.6. The molecule has 218 valence electrons. The number of nitrogens with zero attached hydrogens (tertiary/aromatic N) is 2. The van der Waals surface area contributed by atoms with Gasteiger partial charge in [0.25, 0.3) is 5.91 Å². The van der Waals surface area contributed by atoms with Crippen molar-refractivity contribution in [1.29, 1.82) is 0 Å². The first-order chi connectivity index (χ1) is 19.3. The van der Waals surface area contributed by atoms with Gasteiger partial charge in [0, 0.05) is 43.4 Å². The topological polar surface area (TPSA) is 81.5 Å². The summed E-state index contributed by atoms with van der Waals surface area (Å²) in [5.74, 6) is 1.70. The van der Waals surface area contributed by atoms with E-state index in [1.165, 1.54) is 38.8 Å². The number of methoxy groups -OCH3 is 1. The highest BCUT2D eigenvalue weighted by Crippen LogP contribution is 2.44. The second-order valence-corrected chi connectivity index (χ2v) is 12.7. The molecule has 2 fully saturated rings. The van der Waals surface area contributed by atoms with Gasteiger partial charge in [-0.25, -0.2) is 4.79 Å². The fourth-order valence-corrected chi connectivity index (χ4v) is 7.49. The molecule has 1 amide bonds. The van der Waals surface area contributed by atoms with E-state index in [0.717, 1.165) is 67.1 Å². The lowest BCUT2D eigenvalue weighted by Gasteiger charge is -2.45. The second kappa shape index (κ2) is 11.4. The van der Waals surface area contributed by atoms with Gasteiger partial charge in [-0.2, -0.15) is 0 Å². The first-order valence-electron chi connectivity index (χ1n) is 15.3. The summed E-state index contributed by atoms with van der Waals surface area (Å²) in [4.78, 5) is 31.2. The van der Waals surface area contributed by atoms with Crippen LogP contribution in [-0.4, -0.2) is 73.9 Å². The fourth-order valence-electron chi connectivity index (χ4n) is 7.49. The van der Waals surface area contributed by atoms with E-state index in [2.05, 4.69) is 18.7 Å². The van der Waals surface area contributed by atoms with Crippen molar-refractivity contribution in [2.24, 2.45) is 5.92 Å². The quantitative estimate of drug-likeness (QED) is 0.446. The largest absolute Gasteiger partial charge is 0.487 e. The molecule has 1 aromatic heterocycles. The van der Waals surface area contributed by atoms with E-state index in [4.69, 9.17) is 18.6 Å². The molecule has 8 heteroatoms. The Morgan fingerprint density at radius 1 is 1.07 bits per heavy atom. The average molecular weight is 553 g/mol. The zero-order valence-corrected chi connectivity index (χ0v) is 24.4. The molecule has 3 aliphatic heterocycles. The van der Waals surface area contributed by atoms with Crippen LogP contribution in [0.15, 0.2) is 15.3 Å². The van der Waals surface area contributed by atoms with Crippen LogP contribution in [0.3, 0.4) is 0 Å². The van der Waals surface area contributed by atoms with Crippen molar-refractivity contribution in [1.82, 2.24) is 9.80 Å². The fraction of sp³-hybridized carbons (Fsp3) is 0.688. The number of hydrogen-bond acceptors (Lipinski definition) is 7. The Morgan fingerprint density at radius 3 is 2.75 bits per heavy atom. The normalized spacial score (nSPS) is 23.7. The van der Waals surface area contributed by atoms with Gasteiger partial charge >= 0.3 is 5.63 Å². The van der Waals surface area contributed by atoms with E-state index < -0.39 is 0 Å². The van der Waals surface area contributed by atoms with Crippen LogP contribution in [0.5, 0.6) is 11.5 Å². The van der Waals surface area contributed by atoms with E-state index in [9.17, 15) is 9.59 Å². The molecule has 0 saturated carbocycles. The average Bonchev–Trinajstić information content (AvgIpc) is 3.44. The molecule has 2 unspecified atom stereocenters. The molecule has 4 aliphatic rings. The summed E-state index contributed by atoms with van der Waals surface area (Å²) < 4.78 is 24.0. The molecule has 1 aliphatic carbocycles. The molecule has 6 rings (SSSR count). The number of carbonyl (C=O) groups is 1. The summed E-state index contributed by atoms with van der Waals surface area (Å²) in [6, 6.07) is 2.49. The maximum Gasteiger partial charge on any atom is 0.339 e. The van der Waals surface area contributed by atoms with Gasteiger partial charge in [-0.15, -0.1) is 0 Å². The molecule has 1 aromatic carbocycles. The predicted molar refractivity (Wildman–Crippen MR) is 153 cm³/mol. The number of benzene rings is 1. The van der Waals surface area contributed by atoms with Gasteiger partial charge in [0.1, 0.15) is 22.7 Å². The lowest BCUT2D eigenvalue weighted by molar-refractivity contribution is -0.135. The molecule has 4 heterocycles. The van der Waals surface area contributed by atoms with Gasteiger partial charge < -0.3 is 28.4 Å². The van der Waals surface area contributed by atoms with Crippen LogP contribution >= 0.6 is 0 Å². The number of aryl methyl sites for hydroxylation is 2. The van der Waals surface area contributed by atoms with E-state index >= 15 is 0 Å². The van der Waals surface area contributed by atoms with Gasteiger partial charge in [0.2, 0.25) is 0 Å². The lowest BCUT2D eigenvalue weighted by Crippen LogP contribution is -2.52. The zero-order valence-electron chi connectivity index (χ0n) is 24.4. The summed E-state index contributed by atoms with van der Waals surface area (Å²) >= 11 is 0. The third kappa shape index (κ3) is 5.37. The van der Waals surface area contributed by atoms with Crippen molar-refractivity contribution in [3.8, 4) is 11.5 Å². The number of piperidine rings is 2. The Bertz CT molecular complexity index is 1310. The highest BCUT2D eigenvalue weighted by molar-refractivity contribution is 5.93. The first-order valence-corrected chi connectivity index (χ1v) is 15.3. The predicted octanol–water partition coefficient (Wildman–Crippen LogP) is 4.50. The van der Waals surface area contributed by atoms with Crippen LogP contribution in [0.4, 0.5) is 0 Å². The van der Waals surface area contributed by atoms with Crippen molar-refractivity contribution >= 4 is 16.9 Å². The summed E-state index contributed by atoms with van der Waals surface area (Å²) in [6.45, 7) is 8.20. The third-order valence-electron chi connectivity index (χ3n) is 9.58. The molecule has 0 bridgehead atoms. The standard InChI is InChI=1S/C32H44N2O6/c1-32(2)13-12-24-26(40-32)18-27(29-22-9-6-10-23(22)31(36)39-30(24)29)38-20-28(35)34(16-17-37-3)19-21-8-7-15-33-14-5-4-11-25(21)33/h18,21,25H,4-17,19-20H2,1-3H3. The molecular formula is C32H44N2O6. The van der Waals surface area contributed by atoms with E-state index in [-0.39, 0.29) is 23.7 Å². The van der Waals surface area contributed by atoms with E-state index in [1.807, 2.05) is 11.0 Å². The lowest BCUT2D eigenvalue weighted by atomic mass is 9.83. The Kier molecular flexibility index (Phi) is 7.83. The molecule has 0 spiro atoms. The third-order valence-corrected chi connectivity index (χ3v) is 9.58. The van der Waals surface area contributed by atoms with Crippen molar-refractivity contribution in [2.45, 2.75) is 89.7 Å². The maximum atomic E-state index is 13.7. The minimum atomic E-state index is -0.325. The van der Waals surface area contributed by atoms with Crippen molar-refractivity contribution in [3.05, 3.63) is 33.2 Å². The number of amides is 1. The van der Waals surface area contributed by atoms with Crippen LogP contribution in [-0.2, 0) is 28.8 Å². The van der Waals surface area contributed by atoms with Gasteiger partial charge in [-0.1, -0.05) is 6.42 Å². The molecule has 40 heavy (non-hydrogen) atoms. The van der Waals surface area contributed by atoms with E-state index in [0.29, 0.717) is 42.2 Å². The van der Waals surface area contributed by atoms with Crippen LogP contribution in [0.1, 0.15) is 75.5 Å². The van der Waals surface area contributed by atoms with Crippen LogP contribution in [0.2, 0.25) is 0 Å². The zero-order chi connectivity index (χ0) is 27.9. The molecule has 0 radical (unpaired) electrons. The SMILES string of the molecule is COCCN(CC1CCCN2CCCCC12)C(=O)COc1cc2c(c3oc(=O)c4c(c13)CCC4)CCC(C)(C)O2. The highest BCUT2D eigenvalue weighted by atomic mass is 16.5. The van der Waals surface area contributed by atoms with Gasteiger partial charge in [0.15, 0.2) is 6.61 Å². The number of hydrogen-bond donors (Lipinski definition) is 0. The van der Waals surface area contributed by atoms with Crippen LogP contribution < -0.4 is 15.1 Å². The molecule has 2 aromatic rings. The van der Waals surface area contributed by atoms with Crippen LogP contribution in [0.25, 0.3) is 11.0 Å². The molecular weight excluding hydrogens is 508 g/mol. The Morgan fingerprint density at radius 2 is 1.90 bits per heavy atom. The minimum absolute atomic E-state index is 0.0360. The summed E-state index contributed by atoms with van der Waals surface area (Å²) in [5.41, 5.74) is 2.67. The summed E-state index contributed by atoms with van der Waals surface area (Å²) in [7, 11) is 1.68. The summed E-state index contributed by atoms with van der Waals surface area (Å²) in [5, 5.41) is 0.843. The van der Waals surface area contributed by atoms with Crippen LogP contribution in [0, 0.1) is 5.92 Å². The number of fused-ring (bicyclic) bond motifs is 6. The Balaban J connectivity index is 1.27. The Labute approximate surface area is 236 Å². The van der Waals surface area contributed by atoms with Gasteiger partial charge in [-0.3, -0.25) is 4.79 Å². The monoisotopic (exact) mass is 552 g/mol. The second-order valence-electron chi connectivity index (χ2n) is 12.7. The smallest absolute Gasteiger partial charge is 0.339 e. The number of rotatable bonds is 8. The molecule has 2 atom stereocenters. The maximum absolute atomic E-state index is 13.7.